The van der Waals surface area contributed by atoms with Crippen molar-refractivity contribution in [2.45, 2.75) is 57.8 Å². The van der Waals surface area contributed by atoms with Crippen LogP contribution in [0, 0.1) is 11.3 Å². The van der Waals surface area contributed by atoms with E-state index in [0.717, 1.165) is 17.5 Å². The minimum absolute atomic E-state index is 0.531. The molecule has 1 aromatic carbocycles. The lowest BCUT2D eigenvalue weighted by Gasteiger charge is -2.45. The Bertz CT molecular complexity index is 455. The average molecular weight is 306 g/mol. The third-order valence-corrected chi connectivity index (χ3v) is 6.33. The molecular formula is C19H28ClN. The number of rotatable bonds is 2. The van der Waals surface area contributed by atoms with E-state index in [4.69, 9.17) is 11.6 Å². The van der Waals surface area contributed by atoms with E-state index in [1.54, 1.807) is 0 Å². The highest BCUT2D eigenvalue weighted by Gasteiger charge is 2.42. The Hall–Kier alpha value is -0.530. The molecule has 1 N–H and O–H groups in total. The number of piperidine rings is 1. The standard InChI is InChI=1S/C19H28ClN/c1-2-15-4-3-10-19(11-9-15)12-13-21-14-18(19)16-5-7-17(20)8-6-16/h5-8,15,18,21H,2-4,9-14H2,1H3. The van der Waals surface area contributed by atoms with E-state index < -0.39 is 0 Å². The molecule has 3 atom stereocenters. The predicted octanol–water partition coefficient (Wildman–Crippen LogP) is 5.39. The maximum Gasteiger partial charge on any atom is 0.0406 e. The second-order valence-electron chi connectivity index (χ2n) is 7.13. The van der Waals surface area contributed by atoms with Crippen LogP contribution in [0.15, 0.2) is 24.3 Å². The van der Waals surface area contributed by atoms with E-state index in [1.807, 2.05) is 0 Å². The van der Waals surface area contributed by atoms with Crippen LogP contribution in [0.2, 0.25) is 5.02 Å². The molecular weight excluding hydrogens is 278 g/mol. The molecule has 1 saturated heterocycles. The number of hydrogen-bond donors (Lipinski definition) is 1. The van der Waals surface area contributed by atoms with Gasteiger partial charge in [-0.25, -0.2) is 0 Å². The van der Waals surface area contributed by atoms with Gasteiger partial charge in [-0.15, -0.1) is 0 Å². The van der Waals surface area contributed by atoms with Crippen LogP contribution in [0.25, 0.3) is 0 Å². The number of halogens is 1. The van der Waals surface area contributed by atoms with E-state index in [0.29, 0.717) is 11.3 Å². The number of hydrogen-bond acceptors (Lipinski definition) is 1. The molecule has 1 spiro atoms. The summed E-state index contributed by atoms with van der Waals surface area (Å²) in [5, 5.41) is 4.48. The summed E-state index contributed by atoms with van der Waals surface area (Å²) in [5.41, 5.74) is 2.02. The van der Waals surface area contributed by atoms with Gasteiger partial charge < -0.3 is 5.32 Å². The fraction of sp³-hybridized carbons (Fsp3) is 0.684. The van der Waals surface area contributed by atoms with Gasteiger partial charge >= 0.3 is 0 Å². The molecule has 2 aliphatic rings. The first-order chi connectivity index (χ1) is 10.2. The molecule has 0 radical (unpaired) electrons. The van der Waals surface area contributed by atoms with Gasteiger partial charge in [-0.3, -0.25) is 0 Å². The van der Waals surface area contributed by atoms with Crippen LogP contribution in [0.5, 0.6) is 0 Å². The molecule has 0 aromatic heterocycles. The van der Waals surface area contributed by atoms with E-state index in [9.17, 15) is 0 Å². The summed E-state index contributed by atoms with van der Waals surface area (Å²) in [7, 11) is 0. The smallest absolute Gasteiger partial charge is 0.0406 e. The van der Waals surface area contributed by atoms with Crippen molar-refractivity contribution < 1.29 is 0 Å². The van der Waals surface area contributed by atoms with Crippen LogP contribution in [0.1, 0.15) is 63.4 Å². The third-order valence-electron chi connectivity index (χ3n) is 6.07. The van der Waals surface area contributed by atoms with Crippen molar-refractivity contribution in [2.24, 2.45) is 11.3 Å². The minimum Gasteiger partial charge on any atom is -0.316 e. The highest BCUT2D eigenvalue weighted by Crippen LogP contribution is 2.51. The van der Waals surface area contributed by atoms with Crippen LogP contribution in [-0.2, 0) is 0 Å². The van der Waals surface area contributed by atoms with Crippen LogP contribution >= 0.6 is 11.6 Å². The largest absolute Gasteiger partial charge is 0.316 e. The summed E-state index contributed by atoms with van der Waals surface area (Å²) >= 11 is 6.08. The third kappa shape index (κ3) is 3.29. The van der Waals surface area contributed by atoms with Gasteiger partial charge in [0.2, 0.25) is 0 Å². The second-order valence-corrected chi connectivity index (χ2v) is 7.56. The monoisotopic (exact) mass is 305 g/mol. The highest BCUT2D eigenvalue weighted by molar-refractivity contribution is 6.30. The summed E-state index contributed by atoms with van der Waals surface area (Å²) in [5.74, 6) is 1.63. The Kier molecular flexibility index (Phi) is 4.91. The number of nitrogens with one attached hydrogen (secondary N) is 1. The van der Waals surface area contributed by atoms with Gasteiger partial charge in [0.1, 0.15) is 0 Å². The van der Waals surface area contributed by atoms with E-state index in [-0.39, 0.29) is 0 Å². The summed E-state index contributed by atoms with van der Waals surface area (Å²) in [4.78, 5) is 0. The molecule has 3 unspecified atom stereocenters. The quantitative estimate of drug-likeness (QED) is 0.772. The van der Waals surface area contributed by atoms with Gasteiger partial charge in [-0.1, -0.05) is 49.9 Å². The van der Waals surface area contributed by atoms with Gasteiger partial charge in [-0.05, 0) is 61.3 Å². The highest BCUT2D eigenvalue weighted by atomic mass is 35.5. The van der Waals surface area contributed by atoms with Crippen molar-refractivity contribution in [3.8, 4) is 0 Å². The molecule has 3 rings (SSSR count). The second kappa shape index (κ2) is 6.71. The van der Waals surface area contributed by atoms with Crippen LogP contribution in [-0.4, -0.2) is 13.1 Å². The van der Waals surface area contributed by atoms with Crippen molar-refractivity contribution in [1.29, 1.82) is 0 Å². The normalized spacial score (nSPS) is 33.8. The summed E-state index contributed by atoms with van der Waals surface area (Å²) in [6, 6.07) is 8.63. The zero-order chi connectivity index (χ0) is 14.7. The van der Waals surface area contributed by atoms with Crippen molar-refractivity contribution in [3.63, 3.8) is 0 Å². The Morgan fingerprint density at radius 1 is 1.14 bits per heavy atom. The molecule has 1 aromatic rings. The first-order valence-electron chi connectivity index (χ1n) is 8.70. The minimum atomic E-state index is 0.531. The lowest BCUT2D eigenvalue weighted by Crippen LogP contribution is -2.43. The summed E-state index contributed by atoms with van der Waals surface area (Å²) < 4.78 is 0. The molecule has 1 aliphatic carbocycles. The van der Waals surface area contributed by atoms with Crippen LogP contribution in [0.4, 0.5) is 0 Å². The van der Waals surface area contributed by atoms with Gasteiger partial charge in [0.25, 0.3) is 0 Å². The first kappa shape index (κ1) is 15.4. The SMILES string of the molecule is CCC1CCCC2(CCNCC2c2ccc(Cl)cc2)CC1. The van der Waals surface area contributed by atoms with Gasteiger partial charge in [0.15, 0.2) is 0 Å². The van der Waals surface area contributed by atoms with E-state index >= 15 is 0 Å². The van der Waals surface area contributed by atoms with Gasteiger partial charge in [-0.2, -0.15) is 0 Å². The first-order valence-corrected chi connectivity index (χ1v) is 9.07. The summed E-state index contributed by atoms with van der Waals surface area (Å²) in [6.45, 7) is 4.70. The van der Waals surface area contributed by atoms with E-state index in [1.165, 1.54) is 57.1 Å². The molecule has 1 saturated carbocycles. The molecule has 1 aliphatic heterocycles. The maximum absolute atomic E-state index is 6.08. The van der Waals surface area contributed by atoms with Crippen molar-refractivity contribution >= 4 is 11.6 Å². The van der Waals surface area contributed by atoms with Crippen LogP contribution < -0.4 is 5.32 Å². The lowest BCUT2D eigenvalue weighted by molar-refractivity contribution is 0.134. The predicted molar refractivity (Wildman–Crippen MR) is 91.0 cm³/mol. The topological polar surface area (TPSA) is 12.0 Å². The van der Waals surface area contributed by atoms with Gasteiger partial charge in [0.05, 0.1) is 0 Å². The number of benzene rings is 1. The van der Waals surface area contributed by atoms with Crippen molar-refractivity contribution in [2.75, 3.05) is 13.1 Å². The molecule has 1 heterocycles. The van der Waals surface area contributed by atoms with E-state index in [2.05, 4.69) is 36.5 Å². The maximum atomic E-state index is 6.08. The van der Waals surface area contributed by atoms with Crippen LogP contribution in [0.3, 0.4) is 0 Å². The fourth-order valence-electron chi connectivity index (χ4n) is 4.65. The molecule has 21 heavy (non-hydrogen) atoms. The average Bonchev–Trinajstić information content (AvgIpc) is 2.72. The Balaban J connectivity index is 1.84. The van der Waals surface area contributed by atoms with Crippen molar-refractivity contribution in [3.05, 3.63) is 34.9 Å². The molecule has 0 amide bonds. The Morgan fingerprint density at radius 2 is 1.95 bits per heavy atom. The van der Waals surface area contributed by atoms with Gasteiger partial charge in [0, 0.05) is 17.5 Å². The Morgan fingerprint density at radius 3 is 2.71 bits per heavy atom. The molecule has 0 bridgehead atoms. The Labute approximate surface area is 134 Å². The lowest BCUT2D eigenvalue weighted by atomic mass is 9.63. The molecule has 2 fully saturated rings. The molecule has 1 nitrogen and oxygen atoms in total. The summed E-state index contributed by atoms with van der Waals surface area (Å²) in [6.07, 6.45) is 9.83. The fourth-order valence-corrected chi connectivity index (χ4v) is 4.78. The zero-order valence-corrected chi connectivity index (χ0v) is 14.0. The zero-order valence-electron chi connectivity index (χ0n) is 13.2. The molecule has 116 valence electrons. The van der Waals surface area contributed by atoms with Crippen molar-refractivity contribution in [1.82, 2.24) is 5.32 Å². The molecule has 2 heteroatoms.